The van der Waals surface area contributed by atoms with E-state index in [-0.39, 0.29) is 25.3 Å². The fourth-order valence-electron chi connectivity index (χ4n) is 3.74. The third kappa shape index (κ3) is 8.24. The highest BCUT2D eigenvalue weighted by Gasteiger charge is 2.22. The van der Waals surface area contributed by atoms with Crippen LogP contribution in [0.15, 0.2) is 72.8 Å². The number of hydrogen-bond acceptors (Lipinski definition) is 4. The molecule has 0 radical (unpaired) electrons. The van der Waals surface area contributed by atoms with E-state index in [1.54, 1.807) is 7.11 Å². The van der Waals surface area contributed by atoms with Crippen LogP contribution in [0, 0.1) is 11.6 Å². The van der Waals surface area contributed by atoms with Crippen molar-refractivity contribution in [3.8, 4) is 5.75 Å². The van der Waals surface area contributed by atoms with E-state index in [0.717, 1.165) is 22.9 Å². The lowest BCUT2D eigenvalue weighted by molar-refractivity contribution is -0.122. The van der Waals surface area contributed by atoms with Gasteiger partial charge in [-0.3, -0.25) is 4.79 Å². The van der Waals surface area contributed by atoms with Gasteiger partial charge in [0.15, 0.2) is 0 Å². The molecule has 7 heteroatoms. The molecule has 5 nitrogen and oxygen atoms in total. The second kappa shape index (κ2) is 12.8. The minimum atomic E-state index is -0.974. The first-order valence-electron chi connectivity index (χ1n) is 11.2. The molecular weight excluding hydrogens is 438 g/mol. The molecule has 0 aliphatic rings. The van der Waals surface area contributed by atoms with Crippen LogP contribution < -0.4 is 15.4 Å². The normalized spacial score (nSPS) is 12.7. The van der Waals surface area contributed by atoms with E-state index < -0.39 is 23.8 Å². The molecule has 0 saturated heterocycles. The number of nitrogens with one attached hydrogen (secondary N) is 2. The van der Waals surface area contributed by atoms with Gasteiger partial charge in [0.25, 0.3) is 0 Å². The quantitative estimate of drug-likeness (QED) is 0.378. The fraction of sp³-hybridized carbons (Fsp3) is 0.296. The standard InChI is InChI=1S/C27H30F2N2O3/c1-34-24-9-5-8-20(14-24)17-30-18-26(32)25(15-21-12-22(28)16-23(29)13-21)31-27(33)11-10-19-6-3-2-4-7-19/h2-9,12-14,16,25-26,30,32H,10-11,15,17-18H2,1H3,(H,31,33)/t25-,26-/m1/s1. The van der Waals surface area contributed by atoms with Gasteiger partial charge in [-0.05, 0) is 53.8 Å². The van der Waals surface area contributed by atoms with Gasteiger partial charge in [-0.2, -0.15) is 0 Å². The van der Waals surface area contributed by atoms with Crippen LogP contribution >= 0.6 is 0 Å². The Hall–Kier alpha value is -3.29. The smallest absolute Gasteiger partial charge is 0.220 e. The number of methoxy groups -OCH3 is 1. The van der Waals surface area contributed by atoms with Crippen LogP contribution in [-0.2, 0) is 24.2 Å². The van der Waals surface area contributed by atoms with Crippen molar-refractivity contribution in [1.29, 1.82) is 0 Å². The van der Waals surface area contributed by atoms with Crippen LogP contribution in [0.1, 0.15) is 23.1 Å². The van der Waals surface area contributed by atoms with Crippen molar-refractivity contribution in [2.75, 3.05) is 13.7 Å². The minimum Gasteiger partial charge on any atom is -0.497 e. The van der Waals surface area contributed by atoms with Crippen LogP contribution in [-0.4, -0.2) is 36.8 Å². The lowest BCUT2D eigenvalue weighted by Gasteiger charge is -2.25. The molecule has 3 aromatic carbocycles. The van der Waals surface area contributed by atoms with Crippen LogP contribution in [0.2, 0.25) is 0 Å². The van der Waals surface area contributed by atoms with Crippen molar-refractivity contribution in [2.45, 2.75) is 38.0 Å². The Morgan fingerprint density at radius 2 is 1.65 bits per heavy atom. The number of ether oxygens (including phenoxy) is 1. The molecule has 0 unspecified atom stereocenters. The van der Waals surface area contributed by atoms with Crippen molar-refractivity contribution in [1.82, 2.24) is 10.6 Å². The highest BCUT2D eigenvalue weighted by molar-refractivity contribution is 5.76. The summed E-state index contributed by atoms with van der Waals surface area (Å²) in [7, 11) is 1.59. The summed E-state index contributed by atoms with van der Waals surface area (Å²) in [6, 6.07) is 19.6. The maximum absolute atomic E-state index is 13.7. The zero-order valence-electron chi connectivity index (χ0n) is 19.1. The highest BCUT2D eigenvalue weighted by Crippen LogP contribution is 2.14. The molecule has 0 aliphatic carbocycles. The fourth-order valence-corrected chi connectivity index (χ4v) is 3.74. The number of halogens is 2. The van der Waals surface area contributed by atoms with Crippen LogP contribution in [0.3, 0.4) is 0 Å². The summed E-state index contributed by atoms with van der Waals surface area (Å²) in [6.07, 6.45) is -0.0916. The Bertz CT molecular complexity index is 1040. The summed E-state index contributed by atoms with van der Waals surface area (Å²) in [5.41, 5.74) is 2.36. The predicted molar refractivity (Wildman–Crippen MR) is 127 cm³/mol. The molecule has 0 aliphatic heterocycles. The van der Waals surface area contributed by atoms with Crippen LogP contribution in [0.4, 0.5) is 8.78 Å². The second-order valence-electron chi connectivity index (χ2n) is 8.19. The molecule has 3 rings (SSSR count). The Balaban J connectivity index is 1.62. The van der Waals surface area contributed by atoms with Gasteiger partial charge >= 0.3 is 0 Å². The number of hydrogen-bond donors (Lipinski definition) is 3. The number of amides is 1. The van der Waals surface area contributed by atoms with Crippen molar-refractivity contribution in [3.63, 3.8) is 0 Å². The predicted octanol–water partition coefficient (Wildman–Crippen LogP) is 3.78. The SMILES string of the molecule is COc1cccc(CNC[C@@H](O)[C@@H](Cc2cc(F)cc(F)c2)NC(=O)CCc2ccccc2)c1. The number of carbonyl (C=O) groups is 1. The molecule has 0 spiro atoms. The van der Waals surface area contributed by atoms with Gasteiger partial charge < -0.3 is 20.5 Å². The average Bonchev–Trinajstić information content (AvgIpc) is 2.82. The molecule has 3 aromatic rings. The molecule has 0 heterocycles. The number of aliphatic hydroxyl groups is 1. The van der Waals surface area contributed by atoms with Crippen molar-refractivity contribution in [2.24, 2.45) is 0 Å². The third-order valence-corrected chi connectivity index (χ3v) is 5.49. The number of rotatable bonds is 12. The monoisotopic (exact) mass is 468 g/mol. The molecular formula is C27H30F2N2O3. The van der Waals surface area contributed by atoms with E-state index in [1.165, 1.54) is 12.1 Å². The van der Waals surface area contributed by atoms with Gasteiger partial charge in [-0.1, -0.05) is 42.5 Å². The van der Waals surface area contributed by atoms with E-state index in [2.05, 4.69) is 10.6 Å². The minimum absolute atomic E-state index is 0.0910. The summed E-state index contributed by atoms with van der Waals surface area (Å²) in [5, 5.41) is 16.8. The number of carbonyl (C=O) groups excluding carboxylic acids is 1. The maximum atomic E-state index is 13.7. The second-order valence-corrected chi connectivity index (χ2v) is 8.19. The summed E-state index contributed by atoms with van der Waals surface area (Å²) in [5.74, 6) is -0.904. The molecule has 0 saturated carbocycles. The first kappa shape index (κ1) is 25.3. The van der Waals surface area contributed by atoms with E-state index in [9.17, 15) is 18.7 Å². The Morgan fingerprint density at radius 1 is 0.941 bits per heavy atom. The van der Waals surface area contributed by atoms with Crippen LogP contribution in [0.25, 0.3) is 0 Å². The Labute approximate surface area is 198 Å². The lowest BCUT2D eigenvalue weighted by Crippen LogP contribution is -2.48. The summed E-state index contributed by atoms with van der Waals surface area (Å²) in [6.45, 7) is 0.663. The molecule has 1 amide bonds. The molecule has 34 heavy (non-hydrogen) atoms. The molecule has 2 atom stereocenters. The van der Waals surface area contributed by atoms with Gasteiger partial charge in [-0.25, -0.2) is 8.78 Å². The number of aliphatic hydroxyl groups excluding tert-OH is 1. The third-order valence-electron chi connectivity index (χ3n) is 5.49. The van der Waals surface area contributed by atoms with Crippen molar-refractivity contribution >= 4 is 5.91 Å². The number of benzene rings is 3. The number of aryl methyl sites for hydroxylation is 1. The topological polar surface area (TPSA) is 70.6 Å². The van der Waals surface area contributed by atoms with Crippen molar-refractivity contribution < 1.29 is 23.4 Å². The lowest BCUT2D eigenvalue weighted by atomic mass is 10.00. The van der Waals surface area contributed by atoms with E-state index >= 15 is 0 Å². The van der Waals surface area contributed by atoms with Gasteiger partial charge in [-0.15, -0.1) is 0 Å². The first-order valence-corrected chi connectivity index (χ1v) is 11.2. The average molecular weight is 469 g/mol. The maximum Gasteiger partial charge on any atom is 0.220 e. The van der Waals surface area contributed by atoms with Gasteiger partial charge in [0.2, 0.25) is 5.91 Å². The van der Waals surface area contributed by atoms with E-state index in [4.69, 9.17) is 4.74 Å². The summed E-state index contributed by atoms with van der Waals surface area (Å²) in [4.78, 5) is 12.6. The molecule has 0 aromatic heterocycles. The van der Waals surface area contributed by atoms with Gasteiger partial charge in [0.1, 0.15) is 17.4 Å². The largest absolute Gasteiger partial charge is 0.497 e. The van der Waals surface area contributed by atoms with Crippen molar-refractivity contribution in [3.05, 3.63) is 101 Å². The summed E-state index contributed by atoms with van der Waals surface area (Å²) >= 11 is 0. The Kier molecular flexibility index (Phi) is 9.55. The van der Waals surface area contributed by atoms with Crippen LogP contribution in [0.5, 0.6) is 5.75 Å². The summed E-state index contributed by atoms with van der Waals surface area (Å²) < 4.78 is 32.6. The molecule has 0 fully saturated rings. The highest BCUT2D eigenvalue weighted by atomic mass is 19.1. The zero-order valence-corrected chi connectivity index (χ0v) is 19.1. The molecule has 0 bridgehead atoms. The van der Waals surface area contributed by atoms with Gasteiger partial charge in [0, 0.05) is 25.6 Å². The molecule has 3 N–H and O–H groups in total. The van der Waals surface area contributed by atoms with E-state index in [1.807, 2.05) is 54.6 Å². The van der Waals surface area contributed by atoms with E-state index in [0.29, 0.717) is 18.5 Å². The Morgan fingerprint density at radius 3 is 2.35 bits per heavy atom. The van der Waals surface area contributed by atoms with Gasteiger partial charge in [0.05, 0.1) is 19.3 Å². The molecule has 180 valence electrons. The first-order chi connectivity index (χ1) is 16.4. The zero-order chi connectivity index (χ0) is 24.3.